The Balaban J connectivity index is 2.34. The number of phenolic OH excluding ortho intramolecular Hbond substituents is 1. The van der Waals surface area contributed by atoms with Gasteiger partial charge in [-0.05, 0) is 30.7 Å². The Kier molecular flexibility index (Phi) is 4.63. The van der Waals surface area contributed by atoms with Gasteiger partial charge in [0.1, 0.15) is 5.75 Å². The van der Waals surface area contributed by atoms with Crippen molar-refractivity contribution >= 4 is 5.91 Å². The van der Waals surface area contributed by atoms with E-state index in [1.807, 2.05) is 0 Å². The third kappa shape index (κ3) is 4.46. The molecule has 82 valence electrons. The predicted octanol–water partition coefficient (Wildman–Crippen LogP) is 0.400. The van der Waals surface area contributed by atoms with Gasteiger partial charge in [-0.3, -0.25) is 4.79 Å². The minimum Gasteiger partial charge on any atom is -0.508 e. The van der Waals surface area contributed by atoms with Crippen LogP contribution in [0.3, 0.4) is 0 Å². The number of carbonyl (C=O) groups excluding carboxylic acids is 1. The Morgan fingerprint density at radius 1 is 1.33 bits per heavy atom. The van der Waals surface area contributed by atoms with Gasteiger partial charge in [0.2, 0.25) is 5.91 Å². The second-order valence-corrected chi connectivity index (χ2v) is 3.34. The molecule has 0 aromatic heterocycles. The summed E-state index contributed by atoms with van der Waals surface area (Å²) in [5.74, 6) is 0.191. The van der Waals surface area contributed by atoms with Gasteiger partial charge in [-0.25, -0.2) is 0 Å². The highest BCUT2D eigenvalue weighted by molar-refractivity contribution is 5.78. The maximum Gasteiger partial charge on any atom is 0.224 e. The SMILES string of the molecule is NCCCNC(=O)Cc1ccc(O)cc1. The summed E-state index contributed by atoms with van der Waals surface area (Å²) in [5.41, 5.74) is 6.19. The highest BCUT2D eigenvalue weighted by Gasteiger charge is 2.01. The number of hydrogen-bond donors (Lipinski definition) is 3. The maximum absolute atomic E-state index is 11.4. The average molecular weight is 208 g/mol. The third-order valence-corrected chi connectivity index (χ3v) is 2.00. The summed E-state index contributed by atoms with van der Waals surface area (Å²) in [6, 6.07) is 6.61. The largest absolute Gasteiger partial charge is 0.508 e. The second-order valence-electron chi connectivity index (χ2n) is 3.34. The van der Waals surface area contributed by atoms with Crippen molar-refractivity contribution in [3.63, 3.8) is 0 Å². The summed E-state index contributed by atoms with van der Waals surface area (Å²) in [5, 5.41) is 11.8. The molecule has 1 aromatic rings. The number of benzene rings is 1. The van der Waals surface area contributed by atoms with Crippen molar-refractivity contribution in [2.45, 2.75) is 12.8 Å². The minimum atomic E-state index is -0.0193. The van der Waals surface area contributed by atoms with Crippen LogP contribution in [0, 0.1) is 0 Å². The van der Waals surface area contributed by atoms with E-state index in [4.69, 9.17) is 10.8 Å². The molecule has 4 heteroatoms. The molecule has 0 bridgehead atoms. The van der Waals surface area contributed by atoms with Crippen LogP contribution < -0.4 is 11.1 Å². The maximum atomic E-state index is 11.4. The molecule has 0 aliphatic carbocycles. The van der Waals surface area contributed by atoms with Crippen LogP contribution in [-0.4, -0.2) is 24.1 Å². The molecule has 4 N–H and O–H groups in total. The van der Waals surface area contributed by atoms with Gasteiger partial charge in [-0.15, -0.1) is 0 Å². The van der Waals surface area contributed by atoms with Gasteiger partial charge in [-0.2, -0.15) is 0 Å². The van der Waals surface area contributed by atoms with E-state index in [1.54, 1.807) is 24.3 Å². The average Bonchev–Trinajstić information content (AvgIpc) is 2.22. The Morgan fingerprint density at radius 2 is 2.00 bits per heavy atom. The monoisotopic (exact) mass is 208 g/mol. The number of amides is 1. The van der Waals surface area contributed by atoms with Crippen LogP contribution in [0.25, 0.3) is 0 Å². The summed E-state index contributed by atoms with van der Waals surface area (Å²) in [6.07, 6.45) is 1.13. The van der Waals surface area contributed by atoms with E-state index in [9.17, 15) is 4.79 Å². The van der Waals surface area contributed by atoms with Crippen LogP contribution >= 0.6 is 0 Å². The Morgan fingerprint density at radius 3 is 2.60 bits per heavy atom. The van der Waals surface area contributed by atoms with Crippen molar-refractivity contribution in [2.24, 2.45) is 5.73 Å². The number of aromatic hydroxyl groups is 1. The highest BCUT2D eigenvalue weighted by atomic mass is 16.3. The first-order valence-electron chi connectivity index (χ1n) is 4.97. The van der Waals surface area contributed by atoms with E-state index < -0.39 is 0 Å². The van der Waals surface area contributed by atoms with Crippen LogP contribution in [0.2, 0.25) is 0 Å². The summed E-state index contributed by atoms with van der Waals surface area (Å²) in [6.45, 7) is 1.20. The quantitative estimate of drug-likeness (QED) is 0.613. The zero-order chi connectivity index (χ0) is 11.1. The van der Waals surface area contributed by atoms with Gasteiger partial charge in [0.15, 0.2) is 0 Å². The summed E-state index contributed by atoms with van der Waals surface area (Å²) < 4.78 is 0. The van der Waals surface area contributed by atoms with Crippen LogP contribution in [-0.2, 0) is 11.2 Å². The lowest BCUT2D eigenvalue weighted by molar-refractivity contribution is -0.120. The normalized spacial score (nSPS) is 9.93. The fourth-order valence-corrected chi connectivity index (χ4v) is 1.19. The van der Waals surface area contributed by atoms with E-state index in [0.29, 0.717) is 19.5 Å². The molecule has 0 saturated carbocycles. The topological polar surface area (TPSA) is 75.3 Å². The predicted molar refractivity (Wildman–Crippen MR) is 58.5 cm³/mol. The number of carbonyl (C=O) groups is 1. The van der Waals surface area contributed by atoms with E-state index in [0.717, 1.165) is 12.0 Å². The first kappa shape index (κ1) is 11.5. The first-order chi connectivity index (χ1) is 7.22. The lowest BCUT2D eigenvalue weighted by atomic mass is 10.1. The van der Waals surface area contributed by atoms with Crippen LogP contribution in [0.4, 0.5) is 0 Å². The van der Waals surface area contributed by atoms with E-state index in [-0.39, 0.29) is 11.7 Å². The molecule has 15 heavy (non-hydrogen) atoms. The third-order valence-electron chi connectivity index (χ3n) is 2.00. The molecule has 1 rings (SSSR count). The van der Waals surface area contributed by atoms with Gasteiger partial charge >= 0.3 is 0 Å². The van der Waals surface area contributed by atoms with E-state index >= 15 is 0 Å². The lowest BCUT2D eigenvalue weighted by Gasteiger charge is -2.04. The highest BCUT2D eigenvalue weighted by Crippen LogP contribution is 2.09. The fourth-order valence-electron chi connectivity index (χ4n) is 1.19. The molecule has 0 fully saturated rings. The molecule has 0 saturated heterocycles. The van der Waals surface area contributed by atoms with Gasteiger partial charge in [0.25, 0.3) is 0 Å². The number of rotatable bonds is 5. The van der Waals surface area contributed by atoms with Gasteiger partial charge < -0.3 is 16.2 Å². The number of nitrogens with one attached hydrogen (secondary N) is 1. The zero-order valence-corrected chi connectivity index (χ0v) is 8.57. The van der Waals surface area contributed by atoms with E-state index in [2.05, 4.69) is 5.32 Å². The molecule has 0 spiro atoms. The van der Waals surface area contributed by atoms with Gasteiger partial charge in [0, 0.05) is 6.54 Å². The van der Waals surface area contributed by atoms with Crippen molar-refractivity contribution < 1.29 is 9.90 Å². The standard InChI is InChI=1S/C11H16N2O2/c12-6-1-7-13-11(15)8-9-2-4-10(14)5-3-9/h2-5,14H,1,6-8,12H2,(H,13,15). The fraction of sp³-hybridized carbons (Fsp3) is 0.364. The minimum absolute atomic E-state index is 0.0193. The number of phenols is 1. The first-order valence-corrected chi connectivity index (χ1v) is 4.97. The number of hydrogen-bond acceptors (Lipinski definition) is 3. The van der Waals surface area contributed by atoms with E-state index in [1.165, 1.54) is 0 Å². The van der Waals surface area contributed by atoms with Crippen molar-refractivity contribution in [1.82, 2.24) is 5.32 Å². The summed E-state index contributed by atoms with van der Waals surface area (Å²) in [7, 11) is 0. The van der Waals surface area contributed by atoms with Crippen LogP contribution in [0.5, 0.6) is 5.75 Å². The Bertz CT molecular complexity index is 309. The molecular weight excluding hydrogens is 192 g/mol. The zero-order valence-electron chi connectivity index (χ0n) is 8.57. The second kappa shape index (κ2) is 6.03. The van der Waals surface area contributed by atoms with Crippen LogP contribution in [0.15, 0.2) is 24.3 Å². The number of nitrogens with two attached hydrogens (primary N) is 1. The molecular formula is C11H16N2O2. The molecule has 0 aliphatic heterocycles. The van der Waals surface area contributed by atoms with Gasteiger partial charge in [0.05, 0.1) is 6.42 Å². The van der Waals surface area contributed by atoms with Crippen LogP contribution in [0.1, 0.15) is 12.0 Å². The molecule has 0 heterocycles. The molecule has 0 unspecified atom stereocenters. The molecule has 0 atom stereocenters. The van der Waals surface area contributed by atoms with Crippen molar-refractivity contribution in [1.29, 1.82) is 0 Å². The molecule has 1 aromatic carbocycles. The lowest BCUT2D eigenvalue weighted by Crippen LogP contribution is -2.27. The van der Waals surface area contributed by atoms with Gasteiger partial charge in [-0.1, -0.05) is 12.1 Å². The smallest absolute Gasteiger partial charge is 0.224 e. The molecule has 0 radical (unpaired) electrons. The molecule has 4 nitrogen and oxygen atoms in total. The summed E-state index contributed by atoms with van der Waals surface area (Å²) in [4.78, 5) is 11.4. The summed E-state index contributed by atoms with van der Waals surface area (Å²) >= 11 is 0. The molecule has 1 amide bonds. The Hall–Kier alpha value is -1.55. The Labute approximate surface area is 89.1 Å². The van der Waals surface area contributed by atoms with Crippen molar-refractivity contribution in [3.05, 3.63) is 29.8 Å². The molecule has 0 aliphatic rings. The van der Waals surface area contributed by atoms with Crippen molar-refractivity contribution in [2.75, 3.05) is 13.1 Å². The van der Waals surface area contributed by atoms with Crippen molar-refractivity contribution in [3.8, 4) is 5.75 Å².